The summed E-state index contributed by atoms with van der Waals surface area (Å²) in [7, 11) is 0. The van der Waals surface area contributed by atoms with Gasteiger partial charge >= 0.3 is 6.03 Å². The topological polar surface area (TPSA) is 123 Å². The Morgan fingerprint density at radius 1 is 1.25 bits per heavy atom. The summed E-state index contributed by atoms with van der Waals surface area (Å²) in [6.45, 7) is 0. The molecule has 0 aromatic carbocycles. The first-order valence-corrected chi connectivity index (χ1v) is 7.32. The van der Waals surface area contributed by atoms with E-state index in [0.29, 0.717) is 29.1 Å². The Labute approximate surface area is 136 Å². The number of fused-ring (bicyclic) bond motifs is 1. The van der Waals surface area contributed by atoms with Gasteiger partial charge in [0.1, 0.15) is 17.1 Å². The van der Waals surface area contributed by atoms with E-state index in [2.05, 4.69) is 20.6 Å². The molecule has 0 saturated carbocycles. The number of hydrogen-bond acceptors (Lipinski definition) is 6. The summed E-state index contributed by atoms with van der Waals surface area (Å²) in [6.07, 6.45) is 6.13. The summed E-state index contributed by atoms with van der Waals surface area (Å²) in [5, 5.41) is 4.67. The fourth-order valence-corrected chi connectivity index (χ4v) is 2.59. The summed E-state index contributed by atoms with van der Waals surface area (Å²) >= 11 is 0. The highest BCUT2D eigenvalue weighted by Gasteiger charge is 2.33. The largest absolute Gasteiger partial charge is 0.457 e. The molecule has 1 atom stereocenters. The predicted octanol–water partition coefficient (Wildman–Crippen LogP) is 1.37. The van der Waals surface area contributed by atoms with E-state index in [1.54, 1.807) is 18.3 Å². The van der Waals surface area contributed by atoms with Crippen LogP contribution < -0.4 is 16.4 Å². The van der Waals surface area contributed by atoms with E-state index >= 15 is 0 Å². The molecule has 2 aliphatic rings. The third-order valence-electron chi connectivity index (χ3n) is 3.76. The fourth-order valence-electron chi connectivity index (χ4n) is 2.59. The Morgan fingerprint density at radius 3 is 2.92 bits per heavy atom. The molecule has 2 aromatic heterocycles. The molecule has 0 aliphatic carbocycles. The smallest absolute Gasteiger partial charge is 0.322 e. The standard InChI is InChI=1S/C16H13N5O3/c17-13-3-1-2-8(7-18-13)9-4-5-11-10(19-9)6-12(24-11)14-15(22)21-16(23)20-14/h2-7,14H,1,17H2,(H2,20,21,22,23). The van der Waals surface area contributed by atoms with E-state index in [1.807, 2.05) is 18.2 Å². The van der Waals surface area contributed by atoms with Crippen LogP contribution in [0, 0.1) is 0 Å². The number of urea groups is 1. The third-order valence-corrected chi connectivity index (χ3v) is 3.76. The lowest BCUT2D eigenvalue weighted by molar-refractivity contribution is -0.120. The van der Waals surface area contributed by atoms with Crippen molar-refractivity contribution < 1.29 is 14.0 Å². The molecule has 4 rings (SSSR count). The zero-order valence-corrected chi connectivity index (χ0v) is 12.4. The minimum absolute atomic E-state index is 0.340. The van der Waals surface area contributed by atoms with Gasteiger partial charge in [-0.05, 0) is 24.6 Å². The molecule has 2 aromatic rings. The van der Waals surface area contributed by atoms with Crippen molar-refractivity contribution >= 4 is 34.8 Å². The first-order chi connectivity index (χ1) is 11.6. The number of pyridine rings is 1. The number of carbonyl (C=O) groups is 2. The van der Waals surface area contributed by atoms with Gasteiger partial charge in [-0.3, -0.25) is 10.1 Å². The Morgan fingerprint density at radius 2 is 2.12 bits per heavy atom. The van der Waals surface area contributed by atoms with Gasteiger partial charge in [-0.1, -0.05) is 6.08 Å². The van der Waals surface area contributed by atoms with E-state index in [1.165, 1.54) is 0 Å². The number of furan rings is 1. The number of aliphatic imine (C=N–C) groups is 1. The molecule has 0 bridgehead atoms. The van der Waals surface area contributed by atoms with E-state index < -0.39 is 18.0 Å². The van der Waals surface area contributed by atoms with Gasteiger partial charge in [0.05, 0.1) is 5.69 Å². The minimum atomic E-state index is -0.835. The monoisotopic (exact) mass is 323 g/mol. The lowest BCUT2D eigenvalue weighted by Crippen LogP contribution is -2.22. The fraction of sp³-hybridized carbons (Fsp3) is 0.125. The average Bonchev–Trinajstić information content (AvgIpc) is 3.04. The summed E-state index contributed by atoms with van der Waals surface area (Å²) in [5.41, 5.74) is 8.39. The molecule has 2 aliphatic heterocycles. The number of carbonyl (C=O) groups excluding carboxylic acids is 2. The molecule has 1 unspecified atom stereocenters. The maximum absolute atomic E-state index is 11.7. The van der Waals surface area contributed by atoms with Crippen LogP contribution >= 0.6 is 0 Å². The lowest BCUT2D eigenvalue weighted by atomic mass is 10.1. The number of imide groups is 1. The number of aromatic nitrogens is 1. The number of nitrogens with one attached hydrogen (secondary N) is 2. The molecule has 8 nitrogen and oxygen atoms in total. The molecule has 0 spiro atoms. The van der Waals surface area contributed by atoms with Gasteiger partial charge in [0.25, 0.3) is 5.91 Å². The number of hydrogen-bond donors (Lipinski definition) is 3. The van der Waals surface area contributed by atoms with Gasteiger partial charge in [-0.25, -0.2) is 14.8 Å². The van der Waals surface area contributed by atoms with Crippen molar-refractivity contribution in [2.75, 3.05) is 0 Å². The van der Waals surface area contributed by atoms with Crippen LogP contribution in [0.2, 0.25) is 0 Å². The number of rotatable bonds is 2. The molecule has 4 N–H and O–H groups in total. The van der Waals surface area contributed by atoms with Crippen molar-refractivity contribution in [3.05, 3.63) is 47.6 Å². The molecular weight excluding hydrogens is 310 g/mol. The van der Waals surface area contributed by atoms with Crippen molar-refractivity contribution in [3.8, 4) is 0 Å². The quantitative estimate of drug-likeness (QED) is 0.720. The minimum Gasteiger partial charge on any atom is -0.457 e. The normalized spacial score (nSPS) is 20.4. The van der Waals surface area contributed by atoms with Gasteiger partial charge in [-0.2, -0.15) is 0 Å². The summed E-state index contributed by atoms with van der Waals surface area (Å²) in [5.74, 6) is 0.364. The van der Waals surface area contributed by atoms with Crippen LogP contribution in [0.5, 0.6) is 0 Å². The van der Waals surface area contributed by atoms with E-state index in [0.717, 1.165) is 11.3 Å². The van der Waals surface area contributed by atoms with Crippen LogP contribution in [0.25, 0.3) is 16.7 Å². The van der Waals surface area contributed by atoms with Gasteiger partial charge < -0.3 is 15.5 Å². The summed E-state index contributed by atoms with van der Waals surface area (Å²) in [6, 6.07) is 3.85. The molecule has 1 fully saturated rings. The average molecular weight is 323 g/mol. The van der Waals surface area contributed by atoms with Crippen molar-refractivity contribution in [2.45, 2.75) is 12.5 Å². The zero-order valence-electron chi connectivity index (χ0n) is 12.4. The van der Waals surface area contributed by atoms with Gasteiger partial charge in [0.2, 0.25) is 0 Å². The molecule has 0 radical (unpaired) electrons. The molecule has 120 valence electrons. The third kappa shape index (κ3) is 2.43. The van der Waals surface area contributed by atoms with Crippen LogP contribution in [0.4, 0.5) is 4.79 Å². The second-order valence-electron chi connectivity index (χ2n) is 5.41. The van der Waals surface area contributed by atoms with Crippen LogP contribution in [0.1, 0.15) is 23.9 Å². The maximum atomic E-state index is 11.7. The Kier molecular flexibility index (Phi) is 3.16. The van der Waals surface area contributed by atoms with Crippen molar-refractivity contribution in [1.29, 1.82) is 0 Å². The Balaban J connectivity index is 1.69. The van der Waals surface area contributed by atoms with Gasteiger partial charge in [0, 0.05) is 17.9 Å². The highest BCUT2D eigenvalue weighted by molar-refractivity contribution is 6.10. The number of amides is 3. The lowest BCUT2D eigenvalue weighted by Gasteiger charge is -2.00. The van der Waals surface area contributed by atoms with Crippen molar-refractivity contribution in [2.24, 2.45) is 10.7 Å². The van der Waals surface area contributed by atoms with Gasteiger partial charge in [-0.15, -0.1) is 0 Å². The highest BCUT2D eigenvalue weighted by Crippen LogP contribution is 2.26. The first-order valence-electron chi connectivity index (χ1n) is 7.32. The zero-order chi connectivity index (χ0) is 16.7. The second-order valence-corrected chi connectivity index (χ2v) is 5.41. The molecular formula is C16H13N5O3. The Bertz CT molecular complexity index is 954. The summed E-state index contributed by atoms with van der Waals surface area (Å²) < 4.78 is 5.63. The molecule has 24 heavy (non-hydrogen) atoms. The van der Waals surface area contributed by atoms with Crippen LogP contribution in [0.3, 0.4) is 0 Å². The van der Waals surface area contributed by atoms with E-state index in [-0.39, 0.29) is 0 Å². The summed E-state index contributed by atoms with van der Waals surface area (Å²) in [4.78, 5) is 31.6. The van der Waals surface area contributed by atoms with Crippen molar-refractivity contribution in [1.82, 2.24) is 15.6 Å². The first kappa shape index (κ1) is 14.2. The molecule has 3 amide bonds. The van der Waals surface area contributed by atoms with Crippen LogP contribution in [-0.2, 0) is 4.79 Å². The second kappa shape index (κ2) is 5.34. The number of allylic oxidation sites excluding steroid dienone is 3. The molecule has 1 saturated heterocycles. The van der Waals surface area contributed by atoms with Gasteiger partial charge in [0.15, 0.2) is 11.6 Å². The van der Waals surface area contributed by atoms with E-state index in [9.17, 15) is 9.59 Å². The van der Waals surface area contributed by atoms with Crippen LogP contribution in [-0.4, -0.2) is 23.1 Å². The predicted molar refractivity (Wildman–Crippen MR) is 86.8 cm³/mol. The highest BCUT2D eigenvalue weighted by atomic mass is 16.3. The molecule has 4 heterocycles. The molecule has 8 heteroatoms. The van der Waals surface area contributed by atoms with Crippen LogP contribution in [0.15, 0.2) is 45.6 Å². The van der Waals surface area contributed by atoms with E-state index in [4.69, 9.17) is 10.2 Å². The number of nitrogens with zero attached hydrogens (tertiary/aromatic N) is 2. The number of nitrogens with two attached hydrogens (primary N) is 1. The maximum Gasteiger partial charge on any atom is 0.322 e. The SMILES string of the molecule is NC1=CCC=C(c2ccc3oc(C4NC(=O)NC4=O)cc3n2)C=N1. The Hall–Kier alpha value is -3.42. The van der Waals surface area contributed by atoms with Crippen molar-refractivity contribution in [3.63, 3.8) is 0 Å².